The van der Waals surface area contributed by atoms with Gasteiger partial charge in [-0.3, -0.25) is 0 Å². The van der Waals surface area contributed by atoms with E-state index in [1.807, 2.05) is 5.41 Å². The third kappa shape index (κ3) is 1.43. The van der Waals surface area contributed by atoms with Crippen LogP contribution in [0.4, 0.5) is 0 Å². The van der Waals surface area contributed by atoms with E-state index in [0.717, 1.165) is 12.8 Å². The Morgan fingerprint density at radius 2 is 2.57 bits per heavy atom. The molecule has 1 rings (SSSR count). The SMILES string of the molecule is OC1=CSCCC1. The smallest absolute Gasteiger partial charge is 0.0985 e. The van der Waals surface area contributed by atoms with Crippen molar-refractivity contribution < 1.29 is 5.11 Å². The minimum absolute atomic E-state index is 0.552. The minimum Gasteiger partial charge on any atom is -0.512 e. The molecule has 0 spiro atoms. The molecule has 0 unspecified atom stereocenters. The Hall–Kier alpha value is -0.110. The number of hydrogen-bond donors (Lipinski definition) is 1. The van der Waals surface area contributed by atoms with Crippen LogP contribution in [0, 0.1) is 0 Å². The lowest BCUT2D eigenvalue weighted by atomic mass is 10.3. The molecule has 1 aliphatic rings. The summed E-state index contributed by atoms with van der Waals surface area (Å²) in [6.45, 7) is 0. The molecule has 0 aromatic rings. The number of aliphatic hydroxyl groups excluding tert-OH is 1. The van der Waals surface area contributed by atoms with Crippen LogP contribution in [0.2, 0.25) is 0 Å². The van der Waals surface area contributed by atoms with E-state index in [1.54, 1.807) is 11.8 Å². The van der Waals surface area contributed by atoms with Crippen molar-refractivity contribution in [2.75, 3.05) is 5.75 Å². The first-order chi connectivity index (χ1) is 3.39. The molecule has 0 bridgehead atoms. The van der Waals surface area contributed by atoms with E-state index in [1.165, 1.54) is 5.75 Å². The summed E-state index contributed by atoms with van der Waals surface area (Å²) in [5.41, 5.74) is 0. The van der Waals surface area contributed by atoms with Gasteiger partial charge in [0.25, 0.3) is 0 Å². The average Bonchev–Trinajstić information content (AvgIpc) is 1.69. The standard InChI is InChI=1S/C5H8OS/c6-5-2-1-3-7-4-5/h4,6H,1-3H2. The first-order valence-electron chi connectivity index (χ1n) is 2.39. The topological polar surface area (TPSA) is 20.2 Å². The zero-order valence-corrected chi connectivity index (χ0v) is 4.87. The summed E-state index contributed by atoms with van der Waals surface area (Å²) in [7, 11) is 0. The van der Waals surface area contributed by atoms with Crippen molar-refractivity contribution in [1.29, 1.82) is 0 Å². The fraction of sp³-hybridized carbons (Fsp3) is 0.600. The molecule has 0 aliphatic carbocycles. The average molecular weight is 116 g/mol. The molecule has 1 nitrogen and oxygen atoms in total. The van der Waals surface area contributed by atoms with Gasteiger partial charge in [0.1, 0.15) is 0 Å². The van der Waals surface area contributed by atoms with E-state index in [-0.39, 0.29) is 0 Å². The maximum Gasteiger partial charge on any atom is 0.0985 e. The largest absolute Gasteiger partial charge is 0.512 e. The summed E-state index contributed by atoms with van der Waals surface area (Å²) in [4.78, 5) is 0. The van der Waals surface area contributed by atoms with Crippen molar-refractivity contribution in [2.45, 2.75) is 12.8 Å². The Morgan fingerprint density at radius 1 is 1.71 bits per heavy atom. The first-order valence-corrected chi connectivity index (χ1v) is 3.44. The van der Waals surface area contributed by atoms with Crippen molar-refractivity contribution >= 4 is 11.8 Å². The Morgan fingerprint density at radius 3 is 2.86 bits per heavy atom. The predicted octanol–water partition coefficient (Wildman–Crippen LogP) is 1.91. The zero-order chi connectivity index (χ0) is 5.11. The van der Waals surface area contributed by atoms with Crippen LogP contribution in [-0.4, -0.2) is 10.9 Å². The number of aliphatic hydroxyl groups is 1. The molecule has 7 heavy (non-hydrogen) atoms. The van der Waals surface area contributed by atoms with Crippen LogP contribution in [0.15, 0.2) is 11.2 Å². The Bertz CT molecular complexity index is 88.1. The molecule has 1 N–H and O–H groups in total. The van der Waals surface area contributed by atoms with Gasteiger partial charge in [0.15, 0.2) is 0 Å². The van der Waals surface area contributed by atoms with Crippen molar-refractivity contribution in [3.8, 4) is 0 Å². The van der Waals surface area contributed by atoms with Crippen molar-refractivity contribution in [2.24, 2.45) is 0 Å². The maximum atomic E-state index is 8.75. The van der Waals surface area contributed by atoms with E-state index in [0.29, 0.717) is 5.76 Å². The monoisotopic (exact) mass is 116 g/mol. The lowest BCUT2D eigenvalue weighted by Gasteiger charge is -2.03. The van der Waals surface area contributed by atoms with Crippen molar-refractivity contribution in [1.82, 2.24) is 0 Å². The summed E-state index contributed by atoms with van der Waals surface area (Å²) in [5.74, 6) is 1.72. The van der Waals surface area contributed by atoms with Crippen LogP contribution >= 0.6 is 11.8 Å². The lowest BCUT2D eigenvalue weighted by Crippen LogP contribution is -1.88. The third-order valence-corrected chi connectivity index (χ3v) is 1.88. The number of hydrogen-bond acceptors (Lipinski definition) is 2. The number of allylic oxidation sites excluding steroid dienone is 1. The predicted molar refractivity (Wildman–Crippen MR) is 32.4 cm³/mol. The second-order valence-corrected chi connectivity index (χ2v) is 2.56. The van der Waals surface area contributed by atoms with Crippen LogP contribution in [-0.2, 0) is 0 Å². The Kier molecular flexibility index (Phi) is 1.63. The van der Waals surface area contributed by atoms with E-state index >= 15 is 0 Å². The molecule has 0 aromatic heterocycles. The highest BCUT2D eigenvalue weighted by Gasteiger charge is 1.98. The van der Waals surface area contributed by atoms with Gasteiger partial charge in [0.2, 0.25) is 0 Å². The summed E-state index contributed by atoms with van der Waals surface area (Å²) in [6.07, 6.45) is 2.01. The highest BCUT2D eigenvalue weighted by Crippen LogP contribution is 2.17. The van der Waals surface area contributed by atoms with Gasteiger partial charge >= 0.3 is 0 Å². The third-order valence-electron chi connectivity index (χ3n) is 0.914. The Balaban J connectivity index is 2.40. The molecule has 2 heteroatoms. The van der Waals surface area contributed by atoms with Gasteiger partial charge in [-0.15, -0.1) is 11.8 Å². The summed E-state index contributed by atoms with van der Waals surface area (Å²) >= 11 is 1.69. The van der Waals surface area contributed by atoms with Crippen molar-refractivity contribution in [3.63, 3.8) is 0 Å². The van der Waals surface area contributed by atoms with Crippen molar-refractivity contribution in [3.05, 3.63) is 11.2 Å². The van der Waals surface area contributed by atoms with Gasteiger partial charge in [-0.05, 0) is 12.2 Å². The highest BCUT2D eigenvalue weighted by molar-refractivity contribution is 8.02. The van der Waals surface area contributed by atoms with Crippen LogP contribution in [0.5, 0.6) is 0 Å². The molecule has 0 amide bonds. The van der Waals surface area contributed by atoms with Crippen LogP contribution in [0.3, 0.4) is 0 Å². The Labute approximate surface area is 47.4 Å². The molecule has 0 saturated carbocycles. The van der Waals surface area contributed by atoms with Crippen LogP contribution < -0.4 is 0 Å². The minimum atomic E-state index is 0.552. The molecule has 1 heterocycles. The molecule has 0 saturated heterocycles. The second-order valence-electron chi connectivity index (χ2n) is 1.58. The fourth-order valence-electron chi connectivity index (χ4n) is 0.551. The van der Waals surface area contributed by atoms with Gasteiger partial charge in [0, 0.05) is 11.8 Å². The molecule has 0 radical (unpaired) electrons. The normalized spacial score (nSPS) is 21.4. The number of rotatable bonds is 0. The maximum absolute atomic E-state index is 8.75. The molecular weight excluding hydrogens is 108 g/mol. The van der Waals surface area contributed by atoms with Gasteiger partial charge < -0.3 is 5.11 Å². The van der Waals surface area contributed by atoms with Crippen LogP contribution in [0.1, 0.15) is 12.8 Å². The van der Waals surface area contributed by atoms with Gasteiger partial charge in [-0.1, -0.05) is 0 Å². The molecule has 40 valence electrons. The van der Waals surface area contributed by atoms with E-state index in [2.05, 4.69) is 0 Å². The lowest BCUT2D eigenvalue weighted by molar-refractivity contribution is 0.387. The summed E-state index contributed by atoms with van der Waals surface area (Å²) in [5, 5.41) is 10.6. The quantitative estimate of drug-likeness (QED) is 0.521. The van der Waals surface area contributed by atoms with Gasteiger partial charge in [0.05, 0.1) is 5.76 Å². The van der Waals surface area contributed by atoms with Crippen LogP contribution in [0.25, 0.3) is 0 Å². The van der Waals surface area contributed by atoms with Gasteiger partial charge in [-0.25, -0.2) is 0 Å². The van der Waals surface area contributed by atoms with E-state index in [4.69, 9.17) is 5.11 Å². The number of thioether (sulfide) groups is 1. The molecule has 0 atom stereocenters. The highest BCUT2D eigenvalue weighted by atomic mass is 32.2. The molecule has 0 fully saturated rings. The zero-order valence-electron chi connectivity index (χ0n) is 4.05. The molecule has 1 aliphatic heterocycles. The molecular formula is C5H8OS. The molecule has 0 aromatic carbocycles. The van der Waals surface area contributed by atoms with Gasteiger partial charge in [-0.2, -0.15) is 0 Å². The summed E-state index contributed by atoms with van der Waals surface area (Å²) < 4.78 is 0. The summed E-state index contributed by atoms with van der Waals surface area (Å²) in [6, 6.07) is 0. The van der Waals surface area contributed by atoms with E-state index in [9.17, 15) is 0 Å². The fourth-order valence-corrected chi connectivity index (χ4v) is 1.29. The second kappa shape index (κ2) is 2.26. The van der Waals surface area contributed by atoms with E-state index < -0.39 is 0 Å². The first kappa shape index (κ1) is 5.04.